The lowest BCUT2D eigenvalue weighted by molar-refractivity contribution is 0.311. The van der Waals surface area contributed by atoms with Gasteiger partial charge in [0.2, 0.25) is 0 Å². The van der Waals surface area contributed by atoms with Crippen LogP contribution in [-0.2, 0) is 24.5 Å². The molecule has 2 aliphatic heterocycles. The number of fused-ring (bicyclic) bond motifs is 4. The predicted octanol–water partition coefficient (Wildman–Crippen LogP) is 2.72. The molecule has 11 heteroatoms. The molecular formula is C23H28ClN7O2S. The van der Waals surface area contributed by atoms with E-state index in [0.29, 0.717) is 29.1 Å². The molecule has 1 unspecified atom stereocenters. The van der Waals surface area contributed by atoms with Crippen LogP contribution < -0.4 is 15.1 Å². The van der Waals surface area contributed by atoms with Crippen molar-refractivity contribution in [2.24, 2.45) is 11.8 Å². The summed E-state index contributed by atoms with van der Waals surface area (Å²) in [6.45, 7) is 5.19. The molecule has 2 N–H and O–H groups in total. The number of nitrogens with zero attached hydrogens (tertiary/aromatic N) is 5. The van der Waals surface area contributed by atoms with Gasteiger partial charge in [-0.3, -0.25) is 0 Å². The summed E-state index contributed by atoms with van der Waals surface area (Å²) in [5.74, 6) is 2.52. The lowest BCUT2D eigenvalue weighted by Gasteiger charge is -2.42. The lowest BCUT2D eigenvalue weighted by Crippen LogP contribution is -2.51. The summed E-state index contributed by atoms with van der Waals surface area (Å²) in [5.41, 5.74) is 4.40. The number of rotatable bonds is 3. The smallest absolute Gasteiger partial charge is 0.335 e. The van der Waals surface area contributed by atoms with Crippen LogP contribution in [0, 0.1) is 11.8 Å². The Balaban J connectivity index is 0.000000764. The Morgan fingerprint density at radius 3 is 2.65 bits per heavy atom. The van der Waals surface area contributed by atoms with Gasteiger partial charge in [0.1, 0.15) is 22.9 Å². The Hall–Kier alpha value is -2.56. The van der Waals surface area contributed by atoms with Crippen molar-refractivity contribution in [1.29, 1.82) is 0 Å². The fourth-order valence-electron chi connectivity index (χ4n) is 6.18. The van der Waals surface area contributed by atoms with Crippen molar-refractivity contribution >= 4 is 45.7 Å². The first-order valence-electron chi connectivity index (χ1n) is 11.6. The summed E-state index contributed by atoms with van der Waals surface area (Å²) in [7, 11) is 2.11. The molecule has 34 heavy (non-hydrogen) atoms. The number of pyridine rings is 1. The van der Waals surface area contributed by atoms with Crippen molar-refractivity contribution in [3.8, 4) is 0 Å². The van der Waals surface area contributed by atoms with Crippen LogP contribution in [0.1, 0.15) is 31.0 Å². The molecule has 3 aromatic rings. The third-order valence-electron chi connectivity index (χ3n) is 7.61. The second-order valence-corrected chi connectivity index (χ2v) is 9.92. The summed E-state index contributed by atoms with van der Waals surface area (Å²) < 4.78 is 16.6. The molecule has 1 saturated heterocycles. The van der Waals surface area contributed by atoms with E-state index in [-0.39, 0.29) is 0 Å². The largest absolute Gasteiger partial charge is 0.363 e. The van der Waals surface area contributed by atoms with Gasteiger partial charge in [0.05, 0.1) is 11.4 Å². The summed E-state index contributed by atoms with van der Waals surface area (Å²) in [4.78, 5) is 22.1. The molecule has 2 bridgehead atoms. The van der Waals surface area contributed by atoms with Crippen LogP contribution in [0.15, 0.2) is 24.7 Å². The first kappa shape index (κ1) is 23.2. The summed E-state index contributed by atoms with van der Waals surface area (Å²) in [5, 5.41) is 5.18. The highest BCUT2D eigenvalue weighted by Gasteiger charge is 2.42. The molecule has 1 aliphatic carbocycles. The molecule has 6 rings (SSSR count). The van der Waals surface area contributed by atoms with E-state index in [0.717, 1.165) is 48.6 Å². The van der Waals surface area contributed by atoms with Crippen molar-refractivity contribution in [2.45, 2.75) is 44.8 Å². The van der Waals surface area contributed by atoms with Crippen molar-refractivity contribution in [3.63, 3.8) is 0 Å². The minimum Gasteiger partial charge on any atom is -0.363 e. The van der Waals surface area contributed by atoms with Crippen LogP contribution in [0.2, 0.25) is 5.15 Å². The molecule has 3 aliphatic rings. The van der Waals surface area contributed by atoms with Gasteiger partial charge < -0.3 is 20.1 Å². The molecule has 2 fully saturated rings. The van der Waals surface area contributed by atoms with Crippen molar-refractivity contribution < 1.29 is 8.42 Å². The van der Waals surface area contributed by atoms with Gasteiger partial charge in [0.15, 0.2) is 0 Å². The van der Waals surface area contributed by atoms with E-state index in [2.05, 4.69) is 50.1 Å². The van der Waals surface area contributed by atoms with Gasteiger partial charge in [-0.2, -0.15) is 8.42 Å². The Bertz CT molecular complexity index is 1220. The monoisotopic (exact) mass is 501 g/mol. The van der Waals surface area contributed by atoms with Gasteiger partial charge in [-0.15, -0.1) is 0 Å². The predicted molar refractivity (Wildman–Crippen MR) is 133 cm³/mol. The Kier molecular flexibility index (Phi) is 6.54. The number of halogens is 1. The Labute approximate surface area is 206 Å². The second-order valence-electron chi connectivity index (χ2n) is 9.39. The van der Waals surface area contributed by atoms with Gasteiger partial charge in [-0.1, -0.05) is 11.6 Å². The van der Waals surface area contributed by atoms with E-state index in [1.165, 1.54) is 24.1 Å². The lowest BCUT2D eigenvalue weighted by atomic mass is 9.91. The third kappa shape index (κ3) is 4.08. The SMILES string of the molecule is CNC1[C@@H]2CC[C@H]1CN(c1ncnc3c1CN(c1cc(Cl)nc4[nH]ccc14)[C@H](C)C3)C2.O=S=O. The van der Waals surface area contributed by atoms with Gasteiger partial charge in [-0.05, 0) is 50.8 Å². The van der Waals surface area contributed by atoms with E-state index in [4.69, 9.17) is 25.0 Å². The number of hydrogen-bond acceptors (Lipinski definition) is 8. The highest BCUT2D eigenvalue weighted by atomic mass is 35.5. The highest BCUT2D eigenvalue weighted by molar-refractivity contribution is 7.51. The molecule has 3 aromatic heterocycles. The molecule has 0 spiro atoms. The van der Waals surface area contributed by atoms with Crippen LogP contribution in [0.4, 0.5) is 11.5 Å². The first-order chi connectivity index (χ1) is 16.5. The number of piperidine rings is 1. The second kappa shape index (κ2) is 9.59. The molecule has 9 nitrogen and oxygen atoms in total. The van der Waals surface area contributed by atoms with E-state index < -0.39 is 11.6 Å². The third-order valence-corrected chi connectivity index (χ3v) is 7.81. The van der Waals surface area contributed by atoms with E-state index in [1.54, 1.807) is 6.33 Å². The normalized spacial score (nSPS) is 25.6. The molecule has 0 amide bonds. The van der Waals surface area contributed by atoms with Crippen LogP contribution >= 0.6 is 11.6 Å². The van der Waals surface area contributed by atoms with Gasteiger partial charge >= 0.3 is 11.6 Å². The van der Waals surface area contributed by atoms with E-state index >= 15 is 0 Å². The molecule has 0 aromatic carbocycles. The molecule has 180 valence electrons. The Morgan fingerprint density at radius 1 is 1.21 bits per heavy atom. The minimum absolute atomic E-state index is 0.318. The van der Waals surface area contributed by atoms with Crippen LogP contribution in [-0.4, -0.2) is 60.6 Å². The van der Waals surface area contributed by atoms with Gasteiger partial charge in [0.25, 0.3) is 0 Å². The first-order valence-corrected chi connectivity index (χ1v) is 12.7. The fourth-order valence-corrected chi connectivity index (χ4v) is 6.37. The fraction of sp³-hybridized carbons (Fsp3) is 0.522. The quantitative estimate of drug-likeness (QED) is 0.527. The van der Waals surface area contributed by atoms with E-state index in [1.807, 2.05) is 12.3 Å². The summed E-state index contributed by atoms with van der Waals surface area (Å²) in [6.07, 6.45) is 7.21. The maximum absolute atomic E-state index is 8.29. The average molecular weight is 502 g/mol. The molecular weight excluding hydrogens is 474 g/mol. The number of nitrogens with one attached hydrogen (secondary N) is 2. The van der Waals surface area contributed by atoms with Gasteiger partial charge in [0, 0.05) is 55.3 Å². The zero-order valence-corrected chi connectivity index (χ0v) is 20.8. The standard InChI is InChI=1S/C23H28ClN7.O2S/c1-13-7-18-17(11-31(13)19-8-20(24)29-22-16(19)5-6-26-22)23(28-12-27-18)30-9-14-3-4-15(10-30)21(14)25-2;1-3-2/h5-6,8,12-15,21,25H,3-4,7,9-11H2,1-2H3,(H,26,29);/t13-,14-,15+,21?;/m1./s1. The Morgan fingerprint density at radius 2 is 1.94 bits per heavy atom. The number of H-pyrrole nitrogens is 1. The summed E-state index contributed by atoms with van der Waals surface area (Å²) >= 11 is 5.62. The number of aromatic nitrogens is 4. The van der Waals surface area contributed by atoms with Crippen LogP contribution in [0.3, 0.4) is 0 Å². The number of hydrogen-bond donors (Lipinski definition) is 2. The zero-order chi connectivity index (χ0) is 23.8. The molecule has 4 atom stereocenters. The molecule has 5 heterocycles. The summed E-state index contributed by atoms with van der Waals surface area (Å²) in [6, 6.07) is 5.03. The molecule has 1 saturated carbocycles. The topological polar surface area (TPSA) is 107 Å². The van der Waals surface area contributed by atoms with Gasteiger partial charge in [-0.25, -0.2) is 15.0 Å². The van der Waals surface area contributed by atoms with E-state index in [9.17, 15) is 0 Å². The average Bonchev–Trinajstić information content (AvgIpc) is 3.39. The number of aromatic amines is 1. The minimum atomic E-state index is -0.750. The van der Waals surface area contributed by atoms with Crippen LogP contribution in [0.25, 0.3) is 11.0 Å². The maximum Gasteiger partial charge on any atom is 0.335 e. The van der Waals surface area contributed by atoms with Crippen molar-refractivity contribution in [2.75, 3.05) is 29.9 Å². The maximum atomic E-state index is 8.29. The highest BCUT2D eigenvalue weighted by Crippen LogP contribution is 2.41. The van der Waals surface area contributed by atoms with Crippen LogP contribution in [0.5, 0.6) is 0 Å². The van der Waals surface area contributed by atoms with Crippen molar-refractivity contribution in [3.05, 3.63) is 41.1 Å². The zero-order valence-electron chi connectivity index (χ0n) is 19.2. The number of anilines is 2. The van der Waals surface area contributed by atoms with Crippen molar-refractivity contribution in [1.82, 2.24) is 25.3 Å². The molecule has 0 radical (unpaired) electrons.